The van der Waals surface area contributed by atoms with E-state index in [1.165, 1.54) is 5.56 Å². The van der Waals surface area contributed by atoms with Gasteiger partial charge >= 0.3 is 0 Å². The fourth-order valence-electron chi connectivity index (χ4n) is 2.31. The maximum Gasteiger partial charge on any atom is 0.155 e. The van der Waals surface area contributed by atoms with E-state index in [9.17, 15) is 0 Å². The topological polar surface area (TPSA) is 64.3 Å². The van der Waals surface area contributed by atoms with Gasteiger partial charge in [-0.3, -0.25) is 0 Å². The molecule has 0 unspecified atom stereocenters. The van der Waals surface area contributed by atoms with Gasteiger partial charge in [-0.1, -0.05) is 13.8 Å². The number of anilines is 1. The van der Waals surface area contributed by atoms with Crippen LogP contribution in [0.2, 0.25) is 0 Å². The predicted molar refractivity (Wildman–Crippen MR) is 78.4 cm³/mol. The van der Waals surface area contributed by atoms with E-state index < -0.39 is 0 Å². The molecule has 0 saturated carbocycles. The summed E-state index contributed by atoms with van der Waals surface area (Å²) in [7, 11) is 3.75. The van der Waals surface area contributed by atoms with E-state index in [-0.39, 0.29) is 0 Å². The molecule has 2 N–H and O–H groups in total. The lowest BCUT2D eigenvalue weighted by Crippen LogP contribution is -2.25. The molecule has 19 heavy (non-hydrogen) atoms. The Kier molecular flexibility index (Phi) is 6.73. The zero-order valence-corrected chi connectivity index (χ0v) is 12.6. The van der Waals surface area contributed by atoms with Gasteiger partial charge in [-0.25, -0.2) is 0 Å². The van der Waals surface area contributed by atoms with Gasteiger partial charge in [0.2, 0.25) is 0 Å². The van der Waals surface area contributed by atoms with Gasteiger partial charge in [0.05, 0.1) is 5.69 Å². The average Bonchev–Trinajstić information content (AvgIpc) is 2.45. The maximum atomic E-state index is 5.92. The van der Waals surface area contributed by atoms with Crippen molar-refractivity contribution in [2.75, 3.05) is 32.2 Å². The Morgan fingerprint density at radius 1 is 1.16 bits per heavy atom. The fourth-order valence-corrected chi connectivity index (χ4v) is 2.31. The first-order chi connectivity index (χ1) is 9.19. The number of ether oxygens (including phenoxy) is 1. The Morgan fingerprint density at radius 3 is 2.42 bits per heavy atom. The Hall–Kier alpha value is -1.20. The van der Waals surface area contributed by atoms with Crippen molar-refractivity contribution in [2.24, 2.45) is 5.73 Å². The summed E-state index contributed by atoms with van der Waals surface area (Å²) in [4.78, 5) is 2.12. The largest absolute Gasteiger partial charge is 0.385 e. The fraction of sp³-hybridized carbons (Fsp3) is 0.714. The van der Waals surface area contributed by atoms with Crippen molar-refractivity contribution >= 4 is 5.82 Å². The quantitative estimate of drug-likeness (QED) is 0.723. The van der Waals surface area contributed by atoms with Crippen LogP contribution in [-0.4, -0.2) is 37.5 Å². The van der Waals surface area contributed by atoms with E-state index in [1.807, 2.05) is 7.05 Å². The molecule has 0 aliphatic carbocycles. The minimum atomic E-state index is 0.510. The summed E-state index contributed by atoms with van der Waals surface area (Å²) in [5, 5.41) is 8.71. The van der Waals surface area contributed by atoms with E-state index in [2.05, 4.69) is 28.9 Å². The summed E-state index contributed by atoms with van der Waals surface area (Å²) >= 11 is 0. The molecule has 5 heteroatoms. The molecule has 1 rings (SSSR count). The monoisotopic (exact) mass is 266 g/mol. The van der Waals surface area contributed by atoms with Gasteiger partial charge in [-0.2, -0.15) is 5.10 Å². The van der Waals surface area contributed by atoms with Crippen LogP contribution in [0.1, 0.15) is 37.1 Å². The minimum absolute atomic E-state index is 0.510. The van der Waals surface area contributed by atoms with E-state index in [4.69, 9.17) is 10.5 Å². The number of hydrogen-bond donors (Lipinski definition) is 1. The van der Waals surface area contributed by atoms with Crippen molar-refractivity contribution in [3.05, 3.63) is 16.8 Å². The molecule has 0 amide bonds. The molecule has 1 aromatic rings. The molecule has 1 heterocycles. The Balaban J connectivity index is 2.99. The van der Waals surface area contributed by atoms with E-state index in [1.54, 1.807) is 7.11 Å². The summed E-state index contributed by atoms with van der Waals surface area (Å²) in [6.45, 7) is 6.40. The van der Waals surface area contributed by atoms with Crippen molar-refractivity contribution in [3.8, 4) is 0 Å². The van der Waals surface area contributed by atoms with Crippen LogP contribution in [0.3, 0.4) is 0 Å². The highest BCUT2D eigenvalue weighted by Gasteiger charge is 2.15. The Morgan fingerprint density at radius 2 is 1.89 bits per heavy atom. The minimum Gasteiger partial charge on any atom is -0.385 e. The van der Waals surface area contributed by atoms with Crippen LogP contribution in [0.4, 0.5) is 5.82 Å². The lowest BCUT2D eigenvalue weighted by atomic mass is 10.0. The molecule has 0 saturated heterocycles. The Labute approximate surface area is 116 Å². The Bertz CT molecular complexity index is 395. The molecule has 0 aliphatic rings. The average molecular weight is 266 g/mol. The van der Waals surface area contributed by atoms with Crippen LogP contribution in [0.15, 0.2) is 0 Å². The van der Waals surface area contributed by atoms with Crippen LogP contribution in [0.25, 0.3) is 0 Å². The molecular formula is C14H26N4O. The molecule has 0 atom stereocenters. The summed E-state index contributed by atoms with van der Waals surface area (Å²) < 4.78 is 5.08. The number of hydrogen-bond acceptors (Lipinski definition) is 5. The number of methoxy groups -OCH3 is 1. The van der Waals surface area contributed by atoms with E-state index in [0.29, 0.717) is 6.54 Å². The first-order valence-electron chi connectivity index (χ1n) is 6.96. The zero-order chi connectivity index (χ0) is 14.3. The highest BCUT2D eigenvalue weighted by molar-refractivity contribution is 5.50. The normalized spacial score (nSPS) is 10.8. The summed E-state index contributed by atoms with van der Waals surface area (Å²) in [6, 6.07) is 0. The van der Waals surface area contributed by atoms with Gasteiger partial charge in [-0.05, 0) is 24.8 Å². The van der Waals surface area contributed by atoms with Crippen molar-refractivity contribution in [1.29, 1.82) is 0 Å². The molecule has 0 aliphatic heterocycles. The van der Waals surface area contributed by atoms with E-state index >= 15 is 0 Å². The predicted octanol–water partition coefficient (Wildman–Crippen LogP) is 1.53. The second kappa shape index (κ2) is 8.07. The van der Waals surface area contributed by atoms with Crippen LogP contribution >= 0.6 is 0 Å². The second-order valence-electron chi connectivity index (χ2n) is 4.61. The number of aryl methyl sites for hydroxylation is 1. The molecule has 1 aromatic heterocycles. The number of rotatable bonds is 8. The van der Waals surface area contributed by atoms with Gasteiger partial charge in [0.15, 0.2) is 5.82 Å². The van der Waals surface area contributed by atoms with Gasteiger partial charge in [-0.15, -0.1) is 5.10 Å². The van der Waals surface area contributed by atoms with Gasteiger partial charge in [0.1, 0.15) is 0 Å². The lowest BCUT2D eigenvalue weighted by Gasteiger charge is -2.22. The van der Waals surface area contributed by atoms with Crippen molar-refractivity contribution in [2.45, 2.75) is 39.7 Å². The van der Waals surface area contributed by atoms with Gasteiger partial charge < -0.3 is 15.4 Å². The van der Waals surface area contributed by atoms with Gasteiger partial charge in [0, 0.05) is 39.4 Å². The lowest BCUT2D eigenvalue weighted by molar-refractivity contribution is 0.196. The van der Waals surface area contributed by atoms with Crippen LogP contribution in [-0.2, 0) is 24.1 Å². The van der Waals surface area contributed by atoms with Crippen LogP contribution in [0, 0.1) is 0 Å². The summed E-state index contributed by atoms with van der Waals surface area (Å²) in [6.07, 6.45) is 2.82. The molecule has 0 aromatic carbocycles. The molecule has 108 valence electrons. The number of nitrogens with zero attached hydrogens (tertiary/aromatic N) is 3. The van der Waals surface area contributed by atoms with Crippen LogP contribution in [0.5, 0.6) is 0 Å². The van der Waals surface area contributed by atoms with Gasteiger partial charge in [0.25, 0.3) is 0 Å². The third kappa shape index (κ3) is 3.88. The molecular weight excluding hydrogens is 240 g/mol. The number of nitrogens with two attached hydrogens (primary N) is 1. The van der Waals surface area contributed by atoms with Crippen molar-refractivity contribution in [3.63, 3.8) is 0 Å². The standard InChI is InChI=1S/C14H26N4O/c1-5-11-12(10-15)14(17-16-13(11)6-2)18(3)8-7-9-19-4/h5-10,15H2,1-4H3. The van der Waals surface area contributed by atoms with Crippen molar-refractivity contribution < 1.29 is 4.74 Å². The highest BCUT2D eigenvalue weighted by Crippen LogP contribution is 2.22. The molecule has 0 bridgehead atoms. The first-order valence-corrected chi connectivity index (χ1v) is 6.96. The summed E-state index contributed by atoms with van der Waals surface area (Å²) in [5.74, 6) is 0.910. The molecule has 0 radical (unpaired) electrons. The molecule has 0 spiro atoms. The zero-order valence-electron chi connectivity index (χ0n) is 12.6. The second-order valence-corrected chi connectivity index (χ2v) is 4.61. The molecule has 0 fully saturated rings. The third-order valence-corrected chi connectivity index (χ3v) is 3.34. The molecule has 5 nitrogen and oxygen atoms in total. The van der Waals surface area contributed by atoms with Crippen molar-refractivity contribution in [1.82, 2.24) is 10.2 Å². The maximum absolute atomic E-state index is 5.92. The smallest absolute Gasteiger partial charge is 0.155 e. The SMILES string of the molecule is CCc1nnc(N(C)CCCOC)c(CN)c1CC. The number of aromatic nitrogens is 2. The van der Waals surface area contributed by atoms with E-state index in [0.717, 1.165) is 49.5 Å². The summed E-state index contributed by atoms with van der Waals surface area (Å²) in [5.41, 5.74) is 9.38. The first kappa shape index (κ1) is 15.9. The third-order valence-electron chi connectivity index (χ3n) is 3.34. The van der Waals surface area contributed by atoms with Crippen LogP contribution < -0.4 is 10.6 Å². The highest BCUT2D eigenvalue weighted by atomic mass is 16.5.